The van der Waals surface area contributed by atoms with Crippen LogP contribution in [-0.4, -0.2) is 21.6 Å². The second-order valence-electron chi connectivity index (χ2n) is 4.33. The Morgan fingerprint density at radius 1 is 1.24 bits per heavy atom. The van der Waals surface area contributed by atoms with Gasteiger partial charge in [-0.25, -0.2) is 5.84 Å². The number of hydrogen-bond acceptors (Lipinski definition) is 8. The van der Waals surface area contributed by atoms with Gasteiger partial charge in [-0.05, 0) is 29.9 Å². The topological polar surface area (TPSA) is 98.0 Å². The standard InChI is InChI=1S/C13H20N6OS/c1-3-6-20-13-17-11(16-12(18-13)19-14)15-8-10-9(4-2)5-7-21-10/h5,7H,3-4,6,8,14H2,1-2H3,(H2,15,16,17,18,19). The molecule has 0 saturated carbocycles. The molecule has 2 rings (SSSR count). The molecule has 21 heavy (non-hydrogen) atoms. The molecule has 0 aromatic carbocycles. The van der Waals surface area contributed by atoms with E-state index >= 15 is 0 Å². The number of hydrogen-bond donors (Lipinski definition) is 3. The fraction of sp³-hybridized carbons (Fsp3) is 0.462. The molecule has 2 aromatic heterocycles. The largest absolute Gasteiger partial charge is 0.463 e. The third kappa shape index (κ3) is 4.27. The molecule has 0 spiro atoms. The van der Waals surface area contributed by atoms with Gasteiger partial charge in [0.05, 0.1) is 13.2 Å². The highest BCUT2D eigenvalue weighted by atomic mass is 32.1. The first-order valence-electron chi connectivity index (χ1n) is 6.91. The summed E-state index contributed by atoms with van der Waals surface area (Å²) in [5, 5.41) is 5.28. The van der Waals surface area contributed by atoms with Gasteiger partial charge in [0, 0.05) is 4.88 Å². The highest BCUT2D eigenvalue weighted by molar-refractivity contribution is 7.10. The van der Waals surface area contributed by atoms with Gasteiger partial charge in [-0.3, -0.25) is 5.43 Å². The highest BCUT2D eigenvalue weighted by Crippen LogP contribution is 2.19. The van der Waals surface area contributed by atoms with Crippen LogP contribution in [0.5, 0.6) is 6.01 Å². The summed E-state index contributed by atoms with van der Waals surface area (Å²) in [7, 11) is 0. The maximum Gasteiger partial charge on any atom is 0.323 e. The van der Waals surface area contributed by atoms with Crippen LogP contribution in [0.2, 0.25) is 0 Å². The molecule has 0 amide bonds. The Morgan fingerprint density at radius 3 is 2.76 bits per heavy atom. The highest BCUT2D eigenvalue weighted by Gasteiger charge is 2.08. The number of nitrogens with one attached hydrogen (secondary N) is 2. The summed E-state index contributed by atoms with van der Waals surface area (Å²) in [6.45, 7) is 5.38. The minimum atomic E-state index is 0.268. The molecule has 114 valence electrons. The van der Waals surface area contributed by atoms with Gasteiger partial charge in [-0.1, -0.05) is 13.8 Å². The number of nitrogens with two attached hydrogens (primary N) is 1. The minimum Gasteiger partial charge on any atom is -0.463 e. The Hall–Kier alpha value is -1.93. The molecule has 0 aliphatic rings. The number of nitrogen functional groups attached to an aromatic ring is 1. The van der Waals surface area contributed by atoms with E-state index in [0.717, 1.165) is 12.8 Å². The number of thiophene rings is 1. The van der Waals surface area contributed by atoms with Crippen molar-refractivity contribution in [1.82, 2.24) is 15.0 Å². The van der Waals surface area contributed by atoms with Crippen molar-refractivity contribution in [3.8, 4) is 6.01 Å². The quantitative estimate of drug-likeness (QED) is 0.508. The van der Waals surface area contributed by atoms with E-state index < -0.39 is 0 Å². The number of anilines is 2. The summed E-state index contributed by atoms with van der Waals surface area (Å²) < 4.78 is 5.43. The van der Waals surface area contributed by atoms with Crippen molar-refractivity contribution in [2.24, 2.45) is 5.84 Å². The van der Waals surface area contributed by atoms with Crippen LogP contribution in [0.15, 0.2) is 11.4 Å². The molecule has 0 aliphatic heterocycles. The fourth-order valence-electron chi connectivity index (χ4n) is 1.75. The van der Waals surface area contributed by atoms with Gasteiger partial charge < -0.3 is 10.1 Å². The summed E-state index contributed by atoms with van der Waals surface area (Å²) in [6, 6.07) is 2.40. The molecule has 0 saturated heterocycles. The molecule has 2 aromatic rings. The lowest BCUT2D eigenvalue weighted by atomic mass is 10.2. The van der Waals surface area contributed by atoms with E-state index in [1.807, 2.05) is 6.92 Å². The average Bonchev–Trinajstić information content (AvgIpc) is 2.98. The first-order valence-corrected chi connectivity index (χ1v) is 7.79. The molecular weight excluding hydrogens is 288 g/mol. The second kappa shape index (κ2) is 7.75. The summed E-state index contributed by atoms with van der Waals surface area (Å²) in [4.78, 5) is 13.7. The van der Waals surface area contributed by atoms with E-state index in [0.29, 0.717) is 19.1 Å². The van der Waals surface area contributed by atoms with Crippen molar-refractivity contribution in [1.29, 1.82) is 0 Å². The minimum absolute atomic E-state index is 0.268. The third-order valence-electron chi connectivity index (χ3n) is 2.80. The van der Waals surface area contributed by atoms with Crippen LogP contribution < -0.4 is 21.3 Å². The smallest absolute Gasteiger partial charge is 0.323 e. The Balaban J connectivity index is 2.07. The zero-order chi connectivity index (χ0) is 15.1. The molecule has 8 heteroatoms. The number of hydrazine groups is 1. The zero-order valence-corrected chi connectivity index (χ0v) is 13.0. The van der Waals surface area contributed by atoms with Crippen LogP contribution >= 0.6 is 11.3 Å². The summed E-state index contributed by atoms with van der Waals surface area (Å²) in [5.74, 6) is 6.09. The summed E-state index contributed by atoms with van der Waals surface area (Å²) in [5.41, 5.74) is 3.75. The van der Waals surface area contributed by atoms with Crippen LogP contribution in [0.25, 0.3) is 0 Å². The lowest BCUT2D eigenvalue weighted by Crippen LogP contribution is -2.14. The van der Waals surface area contributed by atoms with Gasteiger partial charge in [0.15, 0.2) is 0 Å². The number of ether oxygens (including phenoxy) is 1. The van der Waals surface area contributed by atoms with Gasteiger partial charge >= 0.3 is 6.01 Å². The number of aromatic nitrogens is 3. The van der Waals surface area contributed by atoms with Crippen molar-refractivity contribution in [3.63, 3.8) is 0 Å². The molecule has 0 unspecified atom stereocenters. The maximum absolute atomic E-state index is 5.43. The zero-order valence-electron chi connectivity index (χ0n) is 12.2. The fourth-order valence-corrected chi connectivity index (χ4v) is 2.67. The van der Waals surface area contributed by atoms with E-state index in [2.05, 4.69) is 44.1 Å². The first kappa shape index (κ1) is 15.5. The Bertz CT molecular complexity index is 574. The molecular formula is C13H20N6OS. The van der Waals surface area contributed by atoms with Crippen molar-refractivity contribution in [2.45, 2.75) is 33.2 Å². The van der Waals surface area contributed by atoms with Gasteiger partial charge in [0.2, 0.25) is 11.9 Å². The predicted octanol–water partition coefficient (Wildman–Crippen LogP) is 2.18. The first-order chi connectivity index (χ1) is 10.3. The molecule has 7 nitrogen and oxygen atoms in total. The molecule has 0 atom stereocenters. The number of rotatable bonds is 8. The molecule has 0 fully saturated rings. The van der Waals surface area contributed by atoms with Crippen LogP contribution in [-0.2, 0) is 13.0 Å². The van der Waals surface area contributed by atoms with Crippen molar-refractivity contribution >= 4 is 23.2 Å². The monoisotopic (exact) mass is 308 g/mol. The van der Waals surface area contributed by atoms with Crippen LogP contribution in [0, 0.1) is 0 Å². The molecule has 0 aliphatic carbocycles. The lowest BCUT2D eigenvalue weighted by Gasteiger charge is -2.09. The lowest BCUT2D eigenvalue weighted by molar-refractivity contribution is 0.292. The van der Waals surface area contributed by atoms with E-state index in [1.54, 1.807) is 11.3 Å². The van der Waals surface area contributed by atoms with E-state index in [4.69, 9.17) is 10.6 Å². The maximum atomic E-state index is 5.43. The average molecular weight is 308 g/mol. The third-order valence-corrected chi connectivity index (χ3v) is 3.77. The normalized spacial score (nSPS) is 10.4. The summed E-state index contributed by atoms with van der Waals surface area (Å²) in [6.07, 6.45) is 1.90. The second-order valence-corrected chi connectivity index (χ2v) is 5.33. The van der Waals surface area contributed by atoms with Crippen LogP contribution in [0.3, 0.4) is 0 Å². The van der Waals surface area contributed by atoms with Gasteiger partial charge in [0.25, 0.3) is 0 Å². The van der Waals surface area contributed by atoms with Crippen molar-refractivity contribution < 1.29 is 4.74 Å². The number of aryl methyl sites for hydroxylation is 1. The van der Waals surface area contributed by atoms with Crippen molar-refractivity contribution in [3.05, 3.63) is 21.9 Å². The van der Waals surface area contributed by atoms with Gasteiger partial charge in [-0.2, -0.15) is 15.0 Å². The molecule has 2 heterocycles. The predicted molar refractivity (Wildman–Crippen MR) is 84.4 cm³/mol. The van der Waals surface area contributed by atoms with Crippen LogP contribution in [0.1, 0.15) is 30.7 Å². The Kier molecular flexibility index (Phi) is 5.70. The Labute approximate surface area is 128 Å². The molecule has 0 radical (unpaired) electrons. The number of nitrogens with zero attached hydrogens (tertiary/aromatic N) is 3. The SMILES string of the molecule is CCCOc1nc(NN)nc(NCc2sccc2CC)n1. The van der Waals surface area contributed by atoms with E-state index in [9.17, 15) is 0 Å². The summed E-state index contributed by atoms with van der Waals surface area (Å²) >= 11 is 1.72. The van der Waals surface area contributed by atoms with Gasteiger partial charge in [0.1, 0.15) is 0 Å². The van der Waals surface area contributed by atoms with Crippen LogP contribution in [0.4, 0.5) is 11.9 Å². The Morgan fingerprint density at radius 2 is 2.05 bits per heavy atom. The van der Waals surface area contributed by atoms with Gasteiger partial charge in [-0.15, -0.1) is 11.3 Å². The van der Waals surface area contributed by atoms with E-state index in [1.165, 1.54) is 10.4 Å². The van der Waals surface area contributed by atoms with Crippen molar-refractivity contribution in [2.75, 3.05) is 17.3 Å². The van der Waals surface area contributed by atoms with E-state index in [-0.39, 0.29) is 12.0 Å². The molecule has 4 N–H and O–H groups in total. The molecule has 0 bridgehead atoms.